The Hall–Kier alpha value is -2.84. The van der Waals surface area contributed by atoms with Gasteiger partial charge in [-0.3, -0.25) is 0 Å². The summed E-state index contributed by atoms with van der Waals surface area (Å²) in [6.07, 6.45) is 0. The van der Waals surface area contributed by atoms with Crippen LogP contribution in [-0.4, -0.2) is 0 Å². The summed E-state index contributed by atoms with van der Waals surface area (Å²) in [5, 5.41) is 0. The lowest BCUT2D eigenvalue weighted by molar-refractivity contribution is 0.590. The second-order valence-electron chi connectivity index (χ2n) is 8.60. The van der Waals surface area contributed by atoms with Crippen molar-refractivity contribution in [2.45, 2.75) is 52.4 Å². The monoisotopic (exact) mass is 344 g/mol. The molecule has 26 heavy (non-hydrogen) atoms. The smallest absolute Gasteiger partial charge is 0.0488 e. The Morgan fingerprint density at radius 1 is 0.615 bits per heavy atom. The van der Waals surface area contributed by atoms with E-state index in [-0.39, 0.29) is 10.8 Å². The highest BCUT2D eigenvalue weighted by Crippen LogP contribution is 2.26. The zero-order valence-electron chi connectivity index (χ0n) is 16.6. The minimum Gasteiger partial charge on any atom is -0.398 e. The Bertz CT molecular complexity index is 851. The first-order valence-corrected chi connectivity index (χ1v) is 8.80. The third-order valence-corrected chi connectivity index (χ3v) is 4.30. The first kappa shape index (κ1) is 19.5. The van der Waals surface area contributed by atoms with Gasteiger partial charge < -0.3 is 11.5 Å². The van der Waals surface area contributed by atoms with Gasteiger partial charge in [0.2, 0.25) is 0 Å². The van der Waals surface area contributed by atoms with Crippen molar-refractivity contribution in [2.24, 2.45) is 0 Å². The van der Waals surface area contributed by atoms with Crippen LogP contribution >= 0.6 is 0 Å². The summed E-state index contributed by atoms with van der Waals surface area (Å²) in [7, 11) is 0. The SMILES string of the molecule is CC(C)(C)c1ccc(N)c(C#CC#Cc2cc(C(C)(C)C)ccc2N)c1. The maximum absolute atomic E-state index is 6.05. The number of anilines is 2. The Morgan fingerprint density at radius 3 is 1.27 bits per heavy atom. The number of nitrogen functional groups attached to an aromatic ring is 2. The average Bonchev–Trinajstić information content (AvgIpc) is 2.52. The molecule has 0 heterocycles. The van der Waals surface area contributed by atoms with Gasteiger partial charge in [-0.1, -0.05) is 65.5 Å². The van der Waals surface area contributed by atoms with E-state index in [1.54, 1.807) is 0 Å². The minimum atomic E-state index is 0.0532. The molecule has 0 fully saturated rings. The molecule has 0 amide bonds. The molecule has 0 aliphatic rings. The Kier molecular flexibility index (Phi) is 5.38. The maximum Gasteiger partial charge on any atom is 0.0488 e. The van der Waals surface area contributed by atoms with Gasteiger partial charge in [-0.2, -0.15) is 0 Å². The fourth-order valence-corrected chi connectivity index (χ4v) is 2.46. The molecule has 0 spiro atoms. The summed E-state index contributed by atoms with van der Waals surface area (Å²) >= 11 is 0. The summed E-state index contributed by atoms with van der Waals surface area (Å²) in [6.45, 7) is 13.0. The summed E-state index contributed by atoms with van der Waals surface area (Å²) in [5.41, 5.74) is 17.6. The molecule has 2 aromatic carbocycles. The van der Waals surface area contributed by atoms with E-state index in [2.05, 4.69) is 65.2 Å². The van der Waals surface area contributed by atoms with Crippen LogP contribution in [0.1, 0.15) is 63.8 Å². The van der Waals surface area contributed by atoms with Crippen molar-refractivity contribution in [3.05, 3.63) is 58.7 Å². The van der Waals surface area contributed by atoms with Crippen molar-refractivity contribution in [1.82, 2.24) is 0 Å². The molecule has 0 radical (unpaired) electrons. The van der Waals surface area contributed by atoms with Crippen LogP contribution in [0, 0.1) is 23.7 Å². The van der Waals surface area contributed by atoms with Gasteiger partial charge in [0, 0.05) is 22.5 Å². The van der Waals surface area contributed by atoms with Crippen LogP contribution in [0.4, 0.5) is 11.4 Å². The first-order chi connectivity index (χ1) is 12.0. The van der Waals surface area contributed by atoms with Gasteiger partial charge in [-0.05, 0) is 58.1 Å². The third-order valence-electron chi connectivity index (χ3n) is 4.30. The standard InChI is InChI=1S/C24H28N2/c1-23(2,3)19-11-13-21(25)17(15-19)9-7-8-10-18-16-20(24(4,5)6)12-14-22(18)26/h11-16H,25-26H2,1-6H3. The highest BCUT2D eigenvalue weighted by Gasteiger charge is 2.15. The summed E-state index contributed by atoms with van der Waals surface area (Å²) in [6, 6.07) is 12.0. The molecule has 134 valence electrons. The Morgan fingerprint density at radius 2 is 0.962 bits per heavy atom. The molecular formula is C24H28N2. The number of rotatable bonds is 0. The molecule has 2 rings (SSSR count). The van der Waals surface area contributed by atoms with Crippen LogP contribution in [-0.2, 0) is 10.8 Å². The highest BCUT2D eigenvalue weighted by molar-refractivity contribution is 5.61. The van der Waals surface area contributed by atoms with Gasteiger partial charge in [0.1, 0.15) is 0 Å². The zero-order chi connectivity index (χ0) is 19.5. The Labute approximate surface area is 158 Å². The van der Waals surface area contributed by atoms with Crippen molar-refractivity contribution in [3.63, 3.8) is 0 Å². The molecule has 4 N–H and O–H groups in total. The highest BCUT2D eigenvalue weighted by atomic mass is 14.6. The van der Waals surface area contributed by atoms with Crippen molar-refractivity contribution >= 4 is 11.4 Å². The fourth-order valence-electron chi connectivity index (χ4n) is 2.46. The van der Waals surface area contributed by atoms with Gasteiger partial charge in [0.25, 0.3) is 0 Å². The van der Waals surface area contributed by atoms with E-state index < -0.39 is 0 Å². The van der Waals surface area contributed by atoms with E-state index in [1.165, 1.54) is 11.1 Å². The van der Waals surface area contributed by atoms with Crippen molar-refractivity contribution < 1.29 is 0 Å². The van der Waals surface area contributed by atoms with E-state index >= 15 is 0 Å². The molecule has 2 nitrogen and oxygen atoms in total. The fraction of sp³-hybridized carbons (Fsp3) is 0.333. The largest absolute Gasteiger partial charge is 0.398 e. The van der Waals surface area contributed by atoms with Crippen LogP contribution in [0.25, 0.3) is 0 Å². The molecule has 2 aromatic rings. The molecule has 0 saturated heterocycles. The number of benzene rings is 2. The van der Waals surface area contributed by atoms with Gasteiger partial charge in [-0.15, -0.1) is 0 Å². The molecule has 0 atom stereocenters. The third kappa shape index (κ3) is 4.84. The van der Waals surface area contributed by atoms with Crippen molar-refractivity contribution in [3.8, 4) is 23.7 Å². The molecule has 0 aromatic heterocycles. The lowest BCUT2D eigenvalue weighted by Gasteiger charge is -2.19. The van der Waals surface area contributed by atoms with E-state index in [0.717, 1.165) is 11.1 Å². The van der Waals surface area contributed by atoms with Crippen LogP contribution in [0.15, 0.2) is 36.4 Å². The predicted octanol–water partition coefficient (Wildman–Crippen LogP) is 4.85. The second-order valence-corrected chi connectivity index (χ2v) is 8.60. The van der Waals surface area contributed by atoms with Crippen LogP contribution in [0.5, 0.6) is 0 Å². The summed E-state index contributed by atoms with van der Waals surface area (Å²) in [4.78, 5) is 0. The topological polar surface area (TPSA) is 52.0 Å². The lowest BCUT2D eigenvalue weighted by atomic mass is 9.86. The van der Waals surface area contributed by atoms with Crippen molar-refractivity contribution in [1.29, 1.82) is 0 Å². The second kappa shape index (κ2) is 7.19. The minimum absolute atomic E-state index is 0.0532. The van der Waals surface area contributed by atoms with E-state index in [0.29, 0.717) is 11.4 Å². The number of hydrogen-bond donors (Lipinski definition) is 2. The van der Waals surface area contributed by atoms with E-state index in [1.807, 2.05) is 36.4 Å². The zero-order valence-corrected chi connectivity index (χ0v) is 16.6. The molecule has 0 bridgehead atoms. The van der Waals surface area contributed by atoms with E-state index in [4.69, 9.17) is 11.5 Å². The van der Waals surface area contributed by atoms with E-state index in [9.17, 15) is 0 Å². The summed E-state index contributed by atoms with van der Waals surface area (Å²) in [5.74, 6) is 12.0. The van der Waals surface area contributed by atoms with Crippen LogP contribution in [0.3, 0.4) is 0 Å². The van der Waals surface area contributed by atoms with Gasteiger partial charge in [0.15, 0.2) is 0 Å². The number of hydrogen-bond acceptors (Lipinski definition) is 2. The van der Waals surface area contributed by atoms with Crippen molar-refractivity contribution in [2.75, 3.05) is 11.5 Å². The van der Waals surface area contributed by atoms with Crippen LogP contribution < -0.4 is 11.5 Å². The molecule has 0 aliphatic heterocycles. The normalized spacial score (nSPS) is 11.2. The van der Waals surface area contributed by atoms with Gasteiger partial charge >= 0.3 is 0 Å². The molecule has 0 saturated carbocycles. The molecule has 2 heteroatoms. The molecule has 0 unspecified atom stereocenters. The average molecular weight is 345 g/mol. The lowest BCUT2D eigenvalue weighted by Crippen LogP contribution is -2.11. The van der Waals surface area contributed by atoms with Crippen LogP contribution in [0.2, 0.25) is 0 Å². The summed E-state index contributed by atoms with van der Waals surface area (Å²) < 4.78 is 0. The maximum atomic E-state index is 6.05. The predicted molar refractivity (Wildman–Crippen MR) is 113 cm³/mol. The molecular weight excluding hydrogens is 316 g/mol. The molecule has 0 aliphatic carbocycles. The van der Waals surface area contributed by atoms with Gasteiger partial charge in [0.05, 0.1) is 0 Å². The first-order valence-electron chi connectivity index (χ1n) is 8.80. The Balaban J connectivity index is 2.33. The number of nitrogens with two attached hydrogens (primary N) is 2. The quantitative estimate of drug-likeness (QED) is 0.530. The van der Waals surface area contributed by atoms with Gasteiger partial charge in [-0.25, -0.2) is 0 Å².